The van der Waals surface area contributed by atoms with Crippen LogP contribution in [0.4, 0.5) is 13.2 Å². The highest BCUT2D eigenvalue weighted by atomic mass is 32.2. The molecule has 0 aliphatic carbocycles. The molecule has 154 valence electrons. The molecule has 1 saturated heterocycles. The molecule has 1 fully saturated rings. The summed E-state index contributed by atoms with van der Waals surface area (Å²) in [6.07, 6.45) is -3.02. The number of hydrogen-bond donors (Lipinski definition) is 1. The van der Waals surface area contributed by atoms with Gasteiger partial charge in [-0.1, -0.05) is 6.07 Å². The van der Waals surface area contributed by atoms with Gasteiger partial charge in [0.05, 0.1) is 17.9 Å². The molecule has 4 nitrogen and oxygen atoms in total. The quantitative estimate of drug-likeness (QED) is 0.458. The van der Waals surface area contributed by atoms with Crippen LogP contribution in [-0.4, -0.2) is 41.0 Å². The van der Waals surface area contributed by atoms with Crippen LogP contribution in [0.15, 0.2) is 40.3 Å². The zero-order valence-electron chi connectivity index (χ0n) is 15.7. The summed E-state index contributed by atoms with van der Waals surface area (Å²) in [5.74, 6) is 0.815. The zero-order chi connectivity index (χ0) is 20.2. The van der Waals surface area contributed by atoms with Gasteiger partial charge in [0, 0.05) is 29.1 Å². The maximum atomic E-state index is 13.0. The summed E-state index contributed by atoms with van der Waals surface area (Å²) in [7, 11) is 1.66. The van der Waals surface area contributed by atoms with Gasteiger partial charge in [0.2, 0.25) is 0 Å². The number of thioether (sulfide) groups is 2. The van der Waals surface area contributed by atoms with Crippen LogP contribution in [0.2, 0.25) is 0 Å². The standard InChI is InChI=1S/C19H23F3N2O2S2/c1-18(28-14-5-3-4-13(10-14)19(20,21)22)6-7-26-16(12-18)15-11-17(24-23-15)27-9-8-25-2/h3-5,10-11,16H,6-9,12H2,1-2H3,(H,23,24). The Labute approximate surface area is 170 Å². The first-order chi connectivity index (χ1) is 13.3. The van der Waals surface area contributed by atoms with Crippen molar-refractivity contribution in [1.29, 1.82) is 0 Å². The number of halogens is 3. The van der Waals surface area contributed by atoms with Crippen LogP contribution in [0.5, 0.6) is 0 Å². The molecule has 3 rings (SSSR count). The molecule has 0 saturated carbocycles. The van der Waals surface area contributed by atoms with Crippen molar-refractivity contribution < 1.29 is 22.6 Å². The number of rotatable bonds is 7. The van der Waals surface area contributed by atoms with E-state index in [0.717, 1.165) is 29.0 Å². The fourth-order valence-corrected chi connectivity index (χ4v) is 5.17. The number of ether oxygens (including phenoxy) is 2. The molecular formula is C19H23F3N2O2S2. The summed E-state index contributed by atoms with van der Waals surface area (Å²) in [6.45, 7) is 3.29. The van der Waals surface area contributed by atoms with E-state index in [1.54, 1.807) is 24.9 Å². The second-order valence-corrected chi connectivity index (χ2v) is 9.67. The average molecular weight is 433 g/mol. The Balaban J connectivity index is 1.67. The maximum Gasteiger partial charge on any atom is 0.416 e. The minimum Gasteiger partial charge on any atom is -0.384 e. The van der Waals surface area contributed by atoms with E-state index in [1.165, 1.54) is 23.9 Å². The van der Waals surface area contributed by atoms with E-state index in [1.807, 2.05) is 6.07 Å². The number of hydrogen-bond acceptors (Lipinski definition) is 5. The number of nitrogens with one attached hydrogen (secondary N) is 1. The van der Waals surface area contributed by atoms with Crippen LogP contribution in [0.1, 0.15) is 37.1 Å². The molecule has 0 spiro atoms. The lowest BCUT2D eigenvalue weighted by Gasteiger charge is -2.37. The van der Waals surface area contributed by atoms with Crippen molar-refractivity contribution in [3.8, 4) is 0 Å². The van der Waals surface area contributed by atoms with Crippen molar-refractivity contribution in [2.24, 2.45) is 0 Å². The van der Waals surface area contributed by atoms with Crippen molar-refractivity contribution in [2.75, 3.05) is 26.1 Å². The van der Waals surface area contributed by atoms with Crippen LogP contribution in [0.3, 0.4) is 0 Å². The molecule has 1 aromatic heterocycles. The molecule has 0 amide bonds. The minimum atomic E-state index is -4.33. The number of methoxy groups -OCH3 is 1. The Bertz CT molecular complexity index is 785. The molecule has 1 aromatic carbocycles. The number of H-pyrrole nitrogens is 1. The van der Waals surface area contributed by atoms with E-state index in [0.29, 0.717) is 24.5 Å². The van der Waals surface area contributed by atoms with Gasteiger partial charge in [-0.3, -0.25) is 5.10 Å². The Kier molecular flexibility index (Phi) is 7.01. The zero-order valence-corrected chi connectivity index (χ0v) is 17.3. The lowest BCUT2D eigenvalue weighted by molar-refractivity contribution is -0.137. The summed E-state index contributed by atoms with van der Waals surface area (Å²) >= 11 is 3.08. The van der Waals surface area contributed by atoms with Gasteiger partial charge in [0.25, 0.3) is 0 Å². The first kappa shape index (κ1) is 21.5. The average Bonchev–Trinajstić information content (AvgIpc) is 3.10. The van der Waals surface area contributed by atoms with Crippen LogP contribution < -0.4 is 0 Å². The first-order valence-electron chi connectivity index (χ1n) is 8.94. The Hall–Kier alpha value is -1.16. The molecule has 1 N–H and O–H groups in total. The third-order valence-corrected chi connectivity index (χ3v) is 6.78. The number of aromatic amines is 1. The molecule has 0 radical (unpaired) electrons. The van der Waals surface area contributed by atoms with Crippen molar-refractivity contribution >= 4 is 23.5 Å². The molecule has 28 heavy (non-hydrogen) atoms. The minimum absolute atomic E-state index is 0.152. The highest BCUT2D eigenvalue weighted by Crippen LogP contribution is 2.46. The lowest BCUT2D eigenvalue weighted by atomic mass is 9.95. The van der Waals surface area contributed by atoms with Crippen LogP contribution in [0.25, 0.3) is 0 Å². The lowest BCUT2D eigenvalue weighted by Crippen LogP contribution is -2.32. The largest absolute Gasteiger partial charge is 0.416 e. The molecule has 0 bridgehead atoms. The second-order valence-electron chi connectivity index (χ2n) is 6.89. The van der Waals surface area contributed by atoms with Crippen molar-refractivity contribution in [3.05, 3.63) is 41.6 Å². The van der Waals surface area contributed by atoms with E-state index in [9.17, 15) is 13.2 Å². The van der Waals surface area contributed by atoms with E-state index in [2.05, 4.69) is 17.1 Å². The first-order valence-corrected chi connectivity index (χ1v) is 10.7. The van der Waals surface area contributed by atoms with E-state index < -0.39 is 11.7 Å². The van der Waals surface area contributed by atoms with Gasteiger partial charge in [-0.2, -0.15) is 18.3 Å². The summed E-state index contributed by atoms with van der Waals surface area (Å²) in [6, 6.07) is 7.50. The van der Waals surface area contributed by atoms with Crippen LogP contribution in [0, 0.1) is 0 Å². The molecular weight excluding hydrogens is 409 g/mol. The molecule has 2 atom stereocenters. The third-order valence-electron chi connectivity index (χ3n) is 4.55. The molecule has 9 heteroatoms. The fourth-order valence-electron chi connectivity index (χ4n) is 3.07. The fraction of sp³-hybridized carbons (Fsp3) is 0.526. The monoisotopic (exact) mass is 432 g/mol. The van der Waals surface area contributed by atoms with Crippen LogP contribution in [-0.2, 0) is 15.7 Å². The summed E-state index contributed by atoms with van der Waals surface area (Å²) in [5.41, 5.74) is 0.284. The Morgan fingerprint density at radius 1 is 1.36 bits per heavy atom. The van der Waals surface area contributed by atoms with E-state index in [-0.39, 0.29) is 10.9 Å². The molecule has 1 aliphatic rings. The van der Waals surface area contributed by atoms with Crippen molar-refractivity contribution in [1.82, 2.24) is 10.2 Å². The van der Waals surface area contributed by atoms with Gasteiger partial charge in [0.15, 0.2) is 0 Å². The summed E-state index contributed by atoms with van der Waals surface area (Å²) in [5, 5.41) is 8.23. The highest BCUT2D eigenvalue weighted by molar-refractivity contribution is 8.00. The highest BCUT2D eigenvalue weighted by Gasteiger charge is 2.36. The molecule has 1 aliphatic heterocycles. The van der Waals surface area contributed by atoms with Crippen molar-refractivity contribution in [2.45, 2.75) is 46.7 Å². The Morgan fingerprint density at radius 3 is 2.93 bits per heavy atom. The van der Waals surface area contributed by atoms with E-state index in [4.69, 9.17) is 9.47 Å². The van der Waals surface area contributed by atoms with Gasteiger partial charge in [-0.25, -0.2) is 0 Å². The second kappa shape index (κ2) is 9.11. The summed E-state index contributed by atoms with van der Waals surface area (Å²) < 4.78 is 49.7. The Morgan fingerprint density at radius 2 is 2.18 bits per heavy atom. The third kappa shape index (κ3) is 5.68. The molecule has 2 unspecified atom stereocenters. The van der Waals surface area contributed by atoms with Crippen molar-refractivity contribution in [3.63, 3.8) is 0 Å². The number of benzene rings is 1. The van der Waals surface area contributed by atoms with Gasteiger partial charge in [-0.15, -0.1) is 23.5 Å². The van der Waals surface area contributed by atoms with Gasteiger partial charge in [0.1, 0.15) is 11.1 Å². The normalized spacial score (nSPS) is 23.1. The van der Waals surface area contributed by atoms with Crippen LogP contribution >= 0.6 is 23.5 Å². The molecule has 2 heterocycles. The van der Waals surface area contributed by atoms with Gasteiger partial charge >= 0.3 is 6.18 Å². The smallest absolute Gasteiger partial charge is 0.384 e. The predicted octanol–water partition coefficient (Wildman–Crippen LogP) is 5.57. The SMILES string of the molecule is COCCSc1cc(C2CC(C)(Sc3cccc(C(F)(F)F)c3)CCO2)[nH]n1. The number of nitrogens with zero attached hydrogens (tertiary/aromatic N) is 1. The number of aromatic nitrogens is 2. The van der Waals surface area contributed by atoms with E-state index >= 15 is 0 Å². The number of alkyl halides is 3. The summed E-state index contributed by atoms with van der Waals surface area (Å²) in [4.78, 5) is 0.624. The van der Waals surface area contributed by atoms with Gasteiger partial charge in [-0.05, 0) is 44.0 Å². The maximum absolute atomic E-state index is 13.0. The predicted molar refractivity (Wildman–Crippen MR) is 105 cm³/mol. The topological polar surface area (TPSA) is 47.1 Å². The van der Waals surface area contributed by atoms with Gasteiger partial charge < -0.3 is 9.47 Å². The molecule has 2 aromatic rings.